The molecule has 0 unspecified atom stereocenters. The summed E-state index contributed by atoms with van der Waals surface area (Å²) in [5, 5.41) is 3.42. The van der Waals surface area contributed by atoms with E-state index in [4.69, 9.17) is 0 Å². The van der Waals surface area contributed by atoms with Crippen molar-refractivity contribution >= 4 is 18.3 Å². The van der Waals surface area contributed by atoms with Crippen LogP contribution in [0.1, 0.15) is 70.0 Å². The molecule has 0 aliphatic carbocycles. The van der Waals surface area contributed by atoms with Crippen molar-refractivity contribution < 1.29 is 4.79 Å². The van der Waals surface area contributed by atoms with Gasteiger partial charge < -0.3 is 14.8 Å². The molecule has 28 heavy (non-hydrogen) atoms. The van der Waals surface area contributed by atoms with E-state index in [0.29, 0.717) is 17.8 Å². The Morgan fingerprint density at radius 1 is 1.25 bits per heavy atom. The van der Waals surface area contributed by atoms with Crippen LogP contribution in [0.5, 0.6) is 0 Å². The highest BCUT2D eigenvalue weighted by Gasteiger charge is 2.42. The van der Waals surface area contributed by atoms with Crippen molar-refractivity contribution in [3.63, 3.8) is 0 Å². The number of rotatable bonds is 4. The topological polar surface area (TPSA) is 54.3 Å². The summed E-state index contributed by atoms with van der Waals surface area (Å²) in [6.45, 7) is 6.99. The smallest absolute Gasteiger partial charge is 0.250 e. The van der Waals surface area contributed by atoms with E-state index in [1.165, 1.54) is 6.42 Å². The lowest BCUT2D eigenvalue weighted by atomic mass is 9.76. The number of piperidine rings is 2. The van der Waals surface area contributed by atoms with Crippen LogP contribution in [-0.4, -0.2) is 41.1 Å². The van der Waals surface area contributed by atoms with Crippen LogP contribution < -0.4 is 10.9 Å². The van der Waals surface area contributed by atoms with Gasteiger partial charge in [-0.25, -0.2) is 0 Å². The molecule has 0 spiro atoms. The van der Waals surface area contributed by atoms with Crippen molar-refractivity contribution in [3.8, 4) is 0 Å². The Labute approximate surface area is 174 Å². The van der Waals surface area contributed by atoms with Crippen LogP contribution in [0.4, 0.5) is 0 Å². The molecule has 1 N–H and O–H groups in total. The summed E-state index contributed by atoms with van der Waals surface area (Å²) in [5.41, 5.74) is 1.27. The van der Waals surface area contributed by atoms with Gasteiger partial charge in [0.1, 0.15) is 0 Å². The molecule has 156 valence electrons. The molecule has 1 amide bonds. The second-order valence-electron chi connectivity index (χ2n) is 9.14. The number of fused-ring (bicyclic) bond motifs is 4. The van der Waals surface area contributed by atoms with E-state index in [1.807, 2.05) is 6.07 Å². The van der Waals surface area contributed by atoms with Crippen molar-refractivity contribution in [2.24, 2.45) is 11.8 Å². The molecule has 2 bridgehead atoms. The first-order valence-corrected chi connectivity index (χ1v) is 10.8. The first kappa shape index (κ1) is 21.4. The van der Waals surface area contributed by atoms with E-state index in [-0.39, 0.29) is 36.0 Å². The van der Waals surface area contributed by atoms with Gasteiger partial charge in [0.2, 0.25) is 5.91 Å². The lowest BCUT2D eigenvalue weighted by molar-refractivity contribution is -0.137. The van der Waals surface area contributed by atoms with E-state index >= 15 is 0 Å². The van der Waals surface area contributed by atoms with Gasteiger partial charge in [0.15, 0.2) is 0 Å². The zero-order valence-corrected chi connectivity index (χ0v) is 17.9. The first-order valence-electron chi connectivity index (χ1n) is 10.8. The van der Waals surface area contributed by atoms with Crippen LogP contribution in [0.3, 0.4) is 0 Å². The fourth-order valence-electron chi connectivity index (χ4n) is 5.38. The predicted octanol–water partition coefficient (Wildman–Crippen LogP) is 3.34. The molecule has 0 radical (unpaired) electrons. The monoisotopic (exact) mass is 407 g/mol. The van der Waals surface area contributed by atoms with Gasteiger partial charge in [-0.3, -0.25) is 9.59 Å². The zero-order chi connectivity index (χ0) is 19.0. The number of hydrogen-bond acceptors (Lipinski definition) is 3. The number of aromatic nitrogens is 1. The zero-order valence-electron chi connectivity index (χ0n) is 17.1. The van der Waals surface area contributed by atoms with Gasteiger partial charge in [0.05, 0.1) is 6.04 Å². The van der Waals surface area contributed by atoms with E-state index < -0.39 is 0 Å². The Morgan fingerprint density at radius 3 is 2.79 bits per heavy atom. The molecule has 4 atom stereocenters. The van der Waals surface area contributed by atoms with Gasteiger partial charge >= 0.3 is 0 Å². The Hall–Kier alpha value is -1.33. The molecule has 4 heterocycles. The number of carbonyl (C=O) groups is 1. The van der Waals surface area contributed by atoms with Crippen LogP contribution >= 0.6 is 12.4 Å². The number of nitrogens with zero attached hydrogens (tertiary/aromatic N) is 2. The molecular formula is C22H34ClN3O2. The second kappa shape index (κ2) is 9.00. The highest BCUT2D eigenvalue weighted by atomic mass is 35.5. The fourth-order valence-corrected chi connectivity index (χ4v) is 5.38. The van der Waals surface area contributed by atoms with Gasteiger partial charge in [0, 0.05) is 36.8 Å². The molecule has 2 saturated heterocycles. The maximum absolute atomic E-state index is 13.1. The SMILES string of the molecule is CC(C)CC[C@H]1[C@H]2C[C@H](CN(C(=O)[C@H]3CCCCN3)C2)c2cccc(=O)n21.Cl. The Kier molecular flexibility index (Phi) is 6.87. The van der Waals surface area contributed by atoms with Crippen molar-refractivity contribution in [2.45, 2.75) is 70.4 Å². The number of likely N-dealkylation sites (tertiary alicyclic amines) is 1. The highest BCUT2D eigenvalue weighted by molar-refractivity contribution is 5.85. The van der Waals surface area contributed by atoms with E-state index in [9.17, 15) is 9.59 Å². The average molecular weight is 408 g/mol. The number of nitrogens with one attached hydrogen (secondary N) is 1. The van der Waals surface area contributed by atoms with Crippen LogP contribution in [-0.2, 0) is 4.79 Å². The van der Waals surface area contributed by atoms with Gasteiger partial charge in [-0.1, -0.05) is 26.3 Å². The normalized spacial score (nSPS) is 29.2. The number of pyridine rings is 1. The summed E-state index contributed by atoms with van der Waals surface area (Å²) >= 11 is 0. The molecule has 1 aromatic heterocycles. The van der Waals surface area contributed by atoms with Crippen molar-refractivity contribution in [1.29, 1.82) is 0 Å². The summed E-state index contributed by atoms with van der Waals surface area (Å²) < 4.78 is 2.07. The third kappa shape index (κ3) is 4.16. The maximum Gasteiger partial charge on any atom is 0.250 e. The van der Waals surface area contributed by atoms with Crippen LogP contribution in [0.2, 0.25) is 0 Å². The van der Waals surface area contributed by atoms with E-state index in [0.717, 1.165) is 57.4 Å². The molecule has 4 rings (SSSR count). The van der Waals surface area contributed by atoms with Crippen molar-refractivity contribution in [2.75, 3.05) is 19.6 Å². The number of halogens is 1. The minimum atomic E-state index is -0.00958. The highest BCUT2D eigenvalue weighted by Crippen LogP contribution is 2.43. The number of amides is 1. The molecule has 3 aliphatic rings. The summed E-state index contributed by atoms with van der Waals surface area (Å²) in [7, 11) is 0. The average Bonchev–Trinajstić information content (AvgIpc) is 2.68. The Morgan fingerprint density at radius 2 is 2.07 bits per heavy atom. The minimum absolute atomic E-state index is 0. The number of hydrogen-bond donors (Lipinski definition) is 1. The molecular weight excluding hydrogens is 374 g/mol. The Bertz CT molecular complexity index is 742. The van der Waals surface area contributed by atoms with E-state index in [2.05, 4.69) is 34.7 Å². The van der Waals surface area contributed by atoms with Crippen molar-refractivity contribution in [1.82, 2.24) is 14.8 Å². The minimum Gasteiger partial charge on any atom is -0.340 e. The third-order valence-electron chi connectivity index (χ3n) is 6.76. The molecule has 6 heteroatoms. The standard InChI is InChI=1S/C22H33N3O2.ClH/c1-15(2)9-10-20-17-12-16(19-7-5-8-21(26)25(19)20)13-24(14-17)22(27)18-6-3-4-11-23-18;/h5,7-8,15-18,20,23H,3-4,6,9-14H2,1-2H3;1H/t16-,17+,18-,20+;/m1./s1. The fraction of sp³-hybridized carbons (Fsp3) is 0.727. The molecule has 0 saturated carbocycles. The maximum atomic E-state index is 13.1. The van der Waals surface area contributed by atoms with E-state index in [1.54, 1.807) is 6.07 Å². The first-order chi connectivity index (χ1) is 13.0. The molecule has 2 fully saturated rings. The summed E-state index contributed by atoms with van der Waals surface area (Å²) in [5.74, 6) is 1.58. The third-order valence-corrected chi connectivity index (χ3v) is 6.76. The lowest BCUT2D eigenvalue weighted by Crippen LogP contribution is -2.55. The lowest BCUT2D eigenvalue weighted by Gasteiger charge is -2.48. The number of carbonyl (C=O) groups excluding carboxylic acids is 1. The van der Waals surface area contributed by atoms with Crippen molar-refractivity contribution in [3.05, 3.63) is 34.2 Å². The quantitative estimate of drug-likeness (QED) is 0.832. The van der Waals surface area contributed by atoms with Crippen LogP contribution in [0, 0.1) is 11.8 Å². The summed E-state index contributed by atoms with van der Waals surface area (Å²) in [4.78, 5) is 27.9. The van der Waals surface area contributed by atoms with Gasteiger partial charge in [0.25, 0.3) is 5.56 Å². The Balaban J connectivity index is 0.00000225. The molecule has 3 aliphatic heterocycles. The predicted molar refractivity (Wildman–Crippen MR) is 114 cm³/mol. The largest absolute Gasteiger partial charge is 0.340 e. The van der Waals surface area contributed by atoms with Gasteiger partial charge in [-0.2, -0.15) is 0 Å². The molecule has 0 aromatic carbocycles. The van der Waals surface area contributed by atoms with Crippen LogP contribution in [0.15, 0.2) is 23.0 Å². The van der Waals surface area contributed by atoms with Crippen LogP contribution in [0.25, 0.3) is 0 Å². The second-order valence-corrected chi connectivity index (χ2v) is 9.14. The van der Waals surface area contributed by atoms with Gasteiger partial charge in [-0.05, 0) is 56.6 Å². The summed E-state index contributed by atoms with van der Waals surface area (Å²) in [6.07, 6.45) is 6.51. The molecule has 1 aromatic rings. The van der Waals surface area contributed by atoms with Gasteiger partial charge in [-0.15, -0.1) is 12.4 Å². The summed E-state index contributed by atoms with van der Waals surface area (Å²) in [6, 6.07) is 5.91. The molecule has 5 nitrogen and oxygen atoms in total.